The molecule has 0 spiro atoms. The Labute approximate surface area is 179 Å². The van der Waals surface area contributed by atoms with E-state index in [2.05, 4.69) is 45.1 Å². The van der Waals surface area contributed by atoms with E-state index in [1.54, 1.807) is 18.5 Å². The summed E-state index contributed by atoms with van der Waals surface area (Å²) in [6.07, 6.45) is 6.13. The Hall–Kier alpha value is -3.51. The molecule has 0 atom stereocenters. The maximum absolute atomic E-state index is 12.2. The van der Waals surface area contributed by atoms with E-state index < -0.39 is 0 Å². The molecule has 0 aliphatic rings. The lowest BCUT2D eigenvalue weighted by atomic mass is 10.1. The number of anilines is 2. The van der Waals surface area contributed by atoms with Crippen molar-refractivity contribution in [2.45, 2.75) is 19.4 Å². The second-order valence-corrected chi connectivity index (χ2v) is 7.27. The minimum absolute atomic E-state index is 0.111. The molecule has 0 fully saturated rings. The average molecular weight is 421 g/mol. The summed E-state index contributed by atoms with van der Waals surface area (Å²) in [5.41, 5.74) is 4.76. The van der Waals surface area contributed by atoms with Crippen molar-refractivity contribution in [1.82, 2.24) is 10.2 Å². The predicted molar refractivity (Wildman–Crippen MR) is 118 cm³/mol. The summed E-state index contributed by atoms with van der Waals surface area (Å²) >= 11 is 6.25. The maximum Gasteiger partial charge on any atom is 0.224 e. The van der Waals surface area contributed by atoms with Gasteiger partial charge >= 0.3 is 0 Å². The number of amides is 1. The first-order valence-electron chi connectivity index (χ1n) is 9.61. The number of furan rings is 1. The van der Waals surface area contributed by atoms with E-state index in [4.69, 9.17) is 16.0 Å². The smallest absolute Gasteiger partial charge is 0.224 e. The Morgan fingerprint density at radius 2 is 1.97 bits per heavy atom. The number of aryl methyl sites for hydroxylation is 1. The zero-order valence-corrected chi connectivity index (χ0v) is 16.9. The second kappa shape index (κ2) is 9.33. The molecule has 0 radical (unpaired) electrons. The molecule has 3 N–H and O–H groups in total. The lowest BCUT2D eigenvalue weighted by Gasteiger charge is -2.11. The summed E-state index contributed by atoms with van der Waals surface area (Å²) in [5.74, 6) is 0.672. The number of H-pyrrole nitrogens is 1. The van der Waals surface area contributed by atoms with E-state index >= 15 is 0 Å². The molecule has 4 aromatic rings. The molecule has 0 saturated heterocycles. The fourth-order valence-electron chi connectivity index (χ4n) is 3.06. The molecule has 7 heteroatoms. The Kier molecular flexibility index (Phi) is 6.15. The summed E-state index contributed by atoms with van der Waals surface area (Å²) in [7, 11) is 0. The topological polar surface area (TPSA) is 82.9 Å². The van der Waals surface area contributed by atoms with Crippen LogP contribution in [0.1, 0.15) is 17.7 Å². The van der Waals surface area contributed by atoms with Crippen LogP contribution in [0.15, 0.2) is 77.7 Å². The van der Waals surface area contributed by atoms with Crippen LogP contribution in [0.25, 0.3) is 11.1 Å². The molecule has 152 valence electrons. The summed E-state index contributed by atoms with van der Waals surface area (Å²) in [4.78, 5) is 12.2. The van der Waals surface area contributed by atoms with E-state index in [-0.39, 0.29) is 5.91 Å². The molecule has 2 aromatic heterocycles. The van der Waals surface area contributed by atoms with Crippen molar-refractivity contribution >= 4 is 28.9 Å². The van der Waals surface area contributed by atoms with Crippen LogP contribution in [-0.4, -0.2) is 16.1 Å². The molecule has 2 heterocycles. The Balaban J connectivity index is 1.34. The van der Waals surface area contributed by atoms with Gasteiger partial charge in [0.15, 0.2) is 0 Å². The second-order valence-electron chi connectivity index (χ2n) is 6.86. The molecule has 0 unspecified atom stereocenters. The van der Waals surface area contributed by atoms with Gasteiger partial charge in [-0.15, -0.1) is 0 Å². The van der Waals surface area contributed by atoms with Gasteiger partial charge in [-0.3, -0.25) is 9.89 Å². The molecule has 0 aliphatic carbocycles. The Morgan fingerprint density at radius 1 is 1.10 bits per heavy atom. The van der Waals surface area contributed by atoms with Crippen LogP contribution < -0.4 is 10.6 Å². The van der Waals surface area contributed by atoms with Crippen molar-refractivity contribution in [1.29, 1.82) is 0 Å². The highest BCUT2D eigenvalue weighted by Crippen LogP contribution is 2.26. The van der Waals surface area contributed by atoms with Gasteiger partial charge in [-0.05, 0) is 41.5 Å². The third-order valence-corrected chi connectivity index (χ3v) is 5.03. The van der Waals surface area contributed by atoms with Gasteiger partial charge in [0.05, 0.1) is 23.2 Å². The first-order valence-corrected chi connectivity index (χ1v) is 9.99. The fraction of sp³-hybridized carbons (Fsp3) is 0.130. The van der Waals surface area contributed by atoms with Crippen molar-refractivity contribution in [3.05, 3.63) is 89.6 Å². The third-order valence-electron chi connectivity index (χ3n) is 4.70. The van der Waals surface area contributed by atoms with Gasteiger partial charge in [0.2, 0.25) is 5.91 Å². The van der Waals surface area contributed by atoms with E-state index in [0.717, 1.165) is 28.1 Å². The molecular weight excluding hydrogens is 400 g/mol. The normalized spacial score (nSPS) is 10.7. The molecule has 4 rings (SSSR count). The van der Waals surface area contributed by atoms with Gasteiger partial charge < -0.3 is 15.1 Å². The van der Waals surface area contributed by atoms with E-state index in [1.165, 1.54) is 0 Å². The van der Waals surface area contributed by atoms with Gasteiger partial charge in [-0.1, -0.05) is 35.9 Å². The Morgan fingerprint density at radius 3 is 2.70 bits per heavy atom. The predicted octanol–water partition coefficient (Wildman–Crippen LogP) is 5.51. The number of nitrogens with one attached hydrogen (secondary N) is 3. The number of hydrogen-bond acceptors (Lipinski definition) is 4. The fourth-order valence-corrected chi connectivity index (χ4v) is 3.23. The quantitative estimate of drug-likeness (QED) is 0.351. The van der Waals surface area contributed by atoms with Gasteiger partial charge in [0, 0.05) is 36.8 Å². The monoisotopic (exact) mass is 420 g/mol. The Bertz CT molecular complexity index is 1090. The minimum Gasteiger partial charge on any atom is -0.469 e. The first-order chi connectivity index (χ1) is 14.7. The standard InChI is InChI=1S/C23H21ClN4O2/c24-21-9-7-19(12-22(21)28-23(29)10-8-20-2-1-11-30-20)25-13-16-3-5-17(6-4-16)18-14-26-27-15-18/h1-7,9,11-12,14-15,25H,8,10,13H2,(H,26,27)(H,28,29). The highest BCUT2D eigenvalue weighted by Gasteiger charge is 2.09. The van der Waals surface area contributed by atoms with Gasteiger partial charge in [-0.25, -0.2) is 0 Å². The van der Waals surface area contributed by atoms with Crippen molar-refractivity contribution in [3.63, 3.8) is 0 Å². The summed E-state index contributed by atoms with van der Waals surface area (Å²) in [6, 6.07) is 17.4. The first kappa shape index (κ1) is 19.8. The lowest BCUT2D eigenvalue weighted by molar-refractivity contribution is -0.116. The van der Waals surface area contributed by atoms with E-state index in [0.29, 0.717) is 30.1 Å². The van der Waals surface area contributed by atoms with Crippen LogP contribution in [0.4, 0.5) is 11.4 Å². The van der Waals surface area contributed by atoms with Gasteiger partial charge in [0.1, 0.15) is 5.76 Å². The number of aromatic amines is 1. The molecule has 2 aromatic carbocycles. The summed E-state index contributed by atoms with van der Waals surface area (Å²) in [6.45, 7) is 0.652. The molecule has 6 nitrogen and oxygen atoms in total. The number of benzene rings is 2. The molecule has 30 heavy (non-hydrogen) atoms. The van der Waals surface area contributed by atoms with Crippen LogP contribution in [0.3, 0.4) is 0 Å². The number of halogens is 1. The number of nitrogens with zero attached hydrogens (tertiary/aromatic N) is 1. The van der Waals surface area contributed by atoms with Gasteiger partial charge in [-0.2, -0.15) is 5.10 Å². The summed E-state index contributed by atoms with van der Waals surface area (Å²) < 4.78 is 5.26. The zero-order chi connectivity index (χ0) is 20.8. The third kappa shape index (κ3) is 5.10. The van der Waals surface area contributed by atoms with Crippen LogP contribution in [0.5, 0.6) is 0 Å². The van der Waals surface area contributed by atoms with Gasteiger partial charge in [0.25, 0.3) is 0 Å². The van der Waals surface area contributed by atoms with Crippen molar-refractivity contribution < 1.29 is 9.21 Å². The van der Waals surface area contributed by atoms with E-state index in [9.17, 15) is 4.79 Å². The average Bonchev–Trinajstić information content (AvgIpc) is 3.47. The largest absolute Gasteiger partial charge is 0.469 e. The highest BCUT2D eigenvalue weighted by molar-refractivity contribution is 6.33. The zero-order valence-electron chi connectivity index (χ0n) is 16.2. The summed E-state index contributed by atoms with van der Waals surface area (Å²) in [5, 5.41) is 13.5. The SMILES string of the molecule is O=C(CCc1ccco1)Nc1cc(NCc2ccc(-c3cn[nH]c3)cc2)ccc1Cl. The number of aromatic nitrogens is 2. The number of hydrogen-bond donors (Lipinski definition) is 3. The molecule has 0 aliphatic heterocycles. The number of carbonyl (C=O) groups excluding carboxylic acids is 1. The van der Waals surface area contributed by atoms with Crippen molar-refractivity contribution in [3.8, 4) is 11.1 Å². The van der Waals surface area contributed by atoms with Crippen LogP contribution >= 0.6 is 11.6 Å². The van der Waals surface area contributed by atoms with Crippen LogP contribution in [-0.2, 0) is 17.8 Å². The highest BCUT2D eigenvalue weighted by atomic mass is 35.5. The molecule has 0 bridgehead atoms. The lowest BCUT2D eigenvalue weighted by Crippen LogP contribution is -2.13. The van der Waals surface area contributed by atoms with Crippen LogP contribution in [0.2, 0.25) is 5.02 Å². The van der Waals surface area contributed by atoms with Crippen molar-refractivity contribution in [2.24, 2.45) is 0 Å². The molecular formula is C23H21ClN4O2. The van der Waals surface area contributed by atoms with Crippen molar-refractivity contribution in [2.75, 3.05) is 10.6 Å². The van der Waals surface area contributed by atoms with E-state index in [1.807, 2.05) is 30.5 Å². The minimum atomic E-state index is -0.111. The number of rotatable bonds is 8. The molecule has 1 amide bonds. The number of carbonyl (C=O) groups is 1. The molecule has 0 saturated carbocycles. The van der Waals surface area contributed by atoms with Crippen LogP contribution in [0, 0.1) is 0 Å². The maximum atomic E-state index is 12.2.